The molecule has 3 nitrogen and oxygen atoms in total. The first kappa shape index (κ1) is 8.41. The summed E-state index contributed by atoms with van der Waals surface area (Å²) in [6.07, 6.45) is 1.57. The highest BCUT2D eigenvalue weighted by Crippen LogP contribution is 2.11. The van der Waals surface area contributed by atoms with Gasteiger partial charge in [-0.1, -0.05) is 6.07 Å². The molecule has 60 valence electrons. The van der Waals surface area contributed by atoms with Gasteiger partial charge in [-0.2, -0.15) is 5.26 Å². The van der Waals surface area contributed by atoms with Crippen molar-refractivity contribution in [3.63, 3.8) is 0 Å². The molecule has 1 rings (SSSR count). The lowest BCUT2D eigenvalue weighted by Gasteiger charge is -2.01. The largest absolute Gasteiger partial charge is 0.298 e. The van der Waals surface area contributed by atoms with Crippen molar-refractivity contribution < 1.29 is 4.79 Å². The monoisotopic (exact) mass is 160 g/mol. The van der Waals surface area contributed by atoms with E-state index < -0.39 is 5.92 Å². The van der Waals surface area contributed by atoms with Gasteiger partial charge in [0.2, 0.25) is 0 Å². The zero-order chi connectivity index (χ0) is 8.97. The fourth-order valence-corrected chi connectivity index (χ4v) is 0.912. The smallest absolute Gasteiger partial charge is 0.153 e. The van der Waals surface area contributed by atoms with Gasteiger partial charge in [0.05, 0.1) is 11.8 Å². The molecule has 0 saturated heterocycles. The maximum absolute atomic E-state index is 10.9. The average molecular weight is 160 g/mol. The Morgan fingerprint density at radius 2 is 2.42 bits per heavy atom. The summed E-state index contributed by atoms with van der Waals surface area (Å²) in [6, 6.07) is 7.09. The molecule has 0 aromatic carbocycles. The van der Waals surface area contributed by atoms with Crippen LogP contribution in [0, 0.1) is 11.3 Å². The first-order valence-corrected chi connectivity index (χ1v) is 3.56. The van der Waals surface area contributed by atoms with Crippen LogP contribution in [0.25, 0.3) is 0 Å². The number of ketones is 1. The molecule has 1 unspecified atom stereocenters. The van der Waals surface area contributed by atoms with Crippen LogP contribution in [0.5, 0.6) is 0 Å². The fraction of sp³-hybridized carbons (Fsp3) is 0.222. The number of nitrogens with zero attached hydrogens (tertiary/aromatic N) is 2. The van der Waals surface area contributed by atoms with Gasteiger partial charge in [0.1, 0.15) is 5.92 Å². The third-order valence-corrected chi connectivity index (χ3v) is 1.52. The van der Waals surface area contributed by atoms with Crippen LogP contribution in [0.2, 0.25) is 0 Å². The maximum atomic E-state index is 10.9. The second-order valence-electron chi connectivity index (χ2n) is 2.43. The predicted molar refractivity (Wildman–Crippen MR) is 43.3 cm³/mol. The number of hydrogen-bond acceptors (Lipinski definition) is 3. The van der Waals surface area contributed by atoms with E-state index in [1.807, 2.05) is 6.07 Å². The molecule has 0 radical (unpaired) electrons. The molecule has 0 saturated carbocycles. The Hall–Kier alpha value is -1.69. The first-order chi connectivity index (χ1) is 5.75. The Bertz CT molecular complexity index is 313. The van der Waals surface area contributed by atoms with E-state index in [2.05, 4.69) is 4.98 Å². The minimum atomic E-state index is -0.716. The van der Waals surface area contributed by atoms with E-state index in [0.717, 1.165) is 0 Å². The lowest BCUT2D eigenvalue weighted by atomic mass is 10.0. The third kappa shape index (κ3) is 1.67. The minimum Gasteiger partial charge on any atom is -0.298 e. The number of carbonyl (C=O) groups excluding carboxylic acids is 1. The van der Waals surface area contributed by atoms with Crippen molar-refractivity contribution in [1.82, 2.24) is 4.98 Å². The van der Waals surface area contributed by atoms with Crippen molar-refractivity contribution in [3.05, 3.63) is 30.1 Å². The molecule has 0 aliphatic carbocycles. The van der Waals surface area contributed by atoms with Gasteiger partial charge in [-0.05, 0) is 19.1 Å². The van der Waals surface area contributed by atoms with E-state index in [1.165, 1.54) is 6.92 Å². The SMILES string of the molecule is CC(=O)C(C#N)c1ccccn1. The van der Waals surface area contributed by atoms with Crippen LogP contribution in [0.1, 0.15) is 18.5 Å². The van der Waals surface area contributed by atoms with E-state index in [9.17, 15) is 4.79 Å². The molecule has 1 aromatic heterocycles. The van der Waals surface area contributed by atoms with Crippen LogP contribution in [0.15, 0.2) is 24.4 Å². The van der Waals surface area contributed by atoms with Crippen LogP contribution in [-0.2, 0) is 4.79 Å². The Labute approximate surface area is 70.7 Å². The van der Waals surface area contributed by atoms with Crippen LogP contribution >= 0.6 is 0 Å². The van der Waals surface area contributed by atoms with E-state index in [4.69, 9.17) is 5.26 Å². The third-order valence-electron chi connectivity index (χ3n) is 1.52. The molecular weight excluding hydrogens is 152 g/mol. The Balaban J connectivity index is 2.98. The normalized spacial score (nSPS) is 11.7. The number of carbonyl (C=O) groups is 1. The van der Waals surface area contributed by atoms with Crippen molar-refractivity contribution in [2.45, 2.75) is 12.8 Å². The number of nitriles is 1. The molecule has 0 aliphatic heterocycles. The number of hydrogen-bond donors (Lipinski definition) is 0. The summed E-state index contributed by atoms with van der Waals surface area (Å²) >= 11 is 0. The van der Waals surface area contributed by atoms with Crippen LogP contribution in [0.4, 0.5) is 0 Å². The summed E-state index contributed by atoms with van der Waals surface area (Å²) in [5.41, 5.74) is 0.521. The Kier molecular flexibility index (Phi) is 2.54. The number of Topliss-reactive ketones (excluding diaryl/α,β-unsaturated/α-hetero) is 1. The topological polar surface area (TPSA) is 53.8 Å². The van der Waals surface area contributed by atoms with E-state index >= 15 is 0 Å². The van der Waals surface area contributed by atoms with Crippen LogP contribution < -0.4 is 0 Å². The Morgan fingerprint density at radius 1 is 1.67 bits per heavy atom. The number of rotatable bonds is 2. The second kappa shape index (κ2) is 3.63. The first-order valence-electron chi connectivity index (χ1n) is 3.56. The highest BCUT2D eigenvalue weighted by Gasteiger charge is 2.15. The highest BCUT2D eigenvalue weighted by molar-refractivity contribution is 5.85. The summed E-state index contributed by atoms with van der Waals surface area (Å²) in [5, 5.41) is 8.64. The van der Waals surface area contributed by atoms with Crippen LogP contribution in [-0.4, -0.2) is 10.8 Å². The van der Waals surface area contributed by atoms with Crippen molar-refractivity contribution in [3.8, 4) is 6.07 Å². The highest BCUT2D eigenvalue weighted by atomic mass is 16.1. The van der Waals surface area contributed by atoms with Gasteiger partial charge in [-0.3, -0.25) is 9.78 Å². The van der Waals surface area contributed by atoms with Crippen molar-refractivity contribution in [2.75, 3.05) is 0 Å². The lowest BCUT2D eigenvalue weighted by Crippen LogP contribution is -2.07. The molecule has 3 heteroatoms. The quantitative estimate of drug-likeness (QED) is 0.654. The van der Waals surface area contributed by atoms with Gasteiger partial charge >= 0.3 is 0 Å². The zero-order valence-corrected chi connectivity index (χ0v) is 6.69. The van der Waals surface area contributed by atoms with Gasteiger partial charge in [0.25, 0.3) is 0 Å². The fourth-order valence-electron chi connectivity index (χ4n) is 0.912. The summed E-state index contributed by atoms with van der Waals surface area (Å²) in [7, 11) is 0. The summed E-state index contributed by atoms with van der Waals surface area (Å²) in [4.78, 5) is 14.8. The summed E-state index contributed by atoms with van der Waals surface area (Å²) in [5.74, 6) is -0.887. The molecule has 0 fully saturated rings. The van der Waals surface area contributed by atoms with Gasteiger partial charge in [0, 0.05) is 6.20 Å². The second-order valence-corrected chi connectivity index (χ2v) is 2.43. The average Bonchev–Trinajstić information content (AvgIpc) is 2.07. The minimum absolute atomic E-state index is 0.170. The summed E-state index contributed by atoms with van der Waals surface area (Å²) in [6.45, 7) is 1.39. The van der Waals surface area contributed by atoms with Gasteiger partial charge < -0.3 is 0 Å². The van der Waals surface area contributed by atoms with E-state index in [1.54, 1.807) is 24.4 Å². The number of aromatic nitrogens is 1. The van der Waals surface area contributed by atoms with Gasteiger partial charge in [0.15, 0.2) is 5.78 Å². The van der Waals surface area contributed by atoms with Gasteiger partial charge in [-0.25, -0.2) is 0 Å². The molecule has 0 N–H and O–H groups in total. The molecule has 0 bridgehead atoms. The lowest BCUT2D eigenvalue weighted by molar-refractivity contribution is -0.117. The maximum Gasteiger partial charge on any atom is 0.153 e. The molecule has 1 aromatic rings. The predicted octanol–water partition coefficient (Wildman–Crippen LogP) is 1.28. The van der Waals surface area contributed by atoms with Crippen molar-refractivity contribution >= 4 is 5.78 Å². The van der Waals surface area contributed by atoms with Crippen LogP contribution in [0.3, 0.4) is 0 Å². The van der Waals surface area contributed by atoms with E-state index in [0.29, 0.717) is 5.69 Å². The Morgan fingerprint density at radius 3 is 2.83 bits per heavy atom. The molecule has 1 atom stereocenters. The van der Waals surface area contributed by atoms with E-state index in [-0.39, 0.29) is 5.78 Å². The number of pyridine rings is 1. The summed E-state index contributed by atoms with van der Waals surface area (Å²) < 4.78 is 0. The van der Waals surface area contributed by atoms with Crippen molar-refractivity contribution in [1.29, 1.82) is 5.26 Å². The zero-order valence-electron chi connectivity index (χ0n) is 6.69. The molecule has 0 spiro atoms. The molecule has 0 amide bonds. The van der Waals surface area contributed by atoms with Gasteiger partial charge in [-0.15, -0.1) is 0 Å². The molecular formula is C9H8N2O. The molecule has 0 aliphatic rings. The standard InChI is InChI=1S/C9H8N2O/c1-7(12)8(6-10)9-4-2-3-5-11-9/h2-5,8H,1H3. The molecule has 12 heavy (non-hydrogen) atoms. The van der Waals surface area contributed by atoms with Crippen molar-refractivity contribution in [2.24, 2.45) is 0 Å². The molecule has 1 heterocycles.